The van der Waals surface area contributed by atoms with Crippen LogP contribution >= 0.6 is 24.0 Å². The molecule has 2 rings (SSSR count). The second-order valence-corrected chi connectivity index (χ2v) is 9.15. The summed E-state index contributed by atoms with van der Waals surface area (Å²) in [6, 6.07) is 15.3. The molecule has 0 radical (unpaired) electrons. The molecule has 4 N–H and O–H groups in total. The van der Waals surface area contributed by atoms with Crippen LogP contribution in [0.2, 0.25) is 0 Å². The van der Waals surface area contributed by atoms with Gasteiger partial charge in [-0.3, -0.25) is 0 Å². The van der Waals surface area contributed by atoms with Gasteiger partial charge in [-0.2, -0.15) is 0 Å². The van der Waals surface area contributed by atoms with Crippen molar-refractivity contribution in [2.75, 3.05) is 6.54 Å². The smallest absolute Gasteiger partial charge is 0.238 e. The van der Waals surface area contributed by atoms with E-state index in [1.54, 1.807) is 12.1 Å². The third-order valence-electron chi connectivity index (χ3n) is 4.47. The number of sulfonamides is 1. The molecule has 1 unspecified atom stereocenters. The van der Waals surface area contributed by atoms with Crippen LogP contribution in [0.25, 0.3) is 0 Å². The minimum Gasteiger partial charge on any atom is -0.357 e. The van der Waals surface area contributed by atoms with E-state index in [1.807, 2.05) is 13.0 Å². The van der Waals surface area contributed by atoms with Crippen molar-refractivity contribution < 1.29 is 8.42 Å². The van der Waals surface area contributed by atoms with Crippen LogP contribution in [0.15, 0.2) is 58.4 Å². The van der Waals surface area contributed by atoms with Gasteiger partial charge in [0.1, 0.15) is 0 Å². The fourth-order valence-corrected chi connectivity index (χ4v) is 3.60. The summed E-state index contributed by atoms with van der Waals surface area (Å²) >= 11 is 0. The summed E-state index contributed by atoms with van der Waals surface area (Å²) in [5.41, 5.74) is 3.30. The van der Waals surface area contributed by atoms with E-state index < -0.39 is 10.0 Å². The molecule has 30 heavy (non-hydrogen) atoms. The number of nitrogens with two attached hydrogens (primary N) is 1. The monoisotopic (exact) mass is 544 g/mol. The summed E-state index contributed by atoms with van der Waals surface area (Å²) in [6.07, 6.45) is 1.07. The van der Waals surface area contributed by atoms with Crippen LogP contribution in [-0.2, 0) is 23.0 Å². The number of guanidine groups is 1. The minimum atomic E-state index is -3.72. The second kappa shape index (κ2) is 12.3. The molecule has 0 amide bonds. The summed E-state index contributed by atoms with van der Waals surface area (Å²) in [5.74, 6) is 1.31. The maximum atomic E-state index is 11.5. The van der Waals surface area contributed by atoms with Crippen molar-refractivity contribution >= 4 is 40.0 Å². The van der Waals surface area contributed by atoms with E-state index in [2.05, 4.69) is 60.7 Å². The predicted molar refractivity (Wildman–Crippen MR) is 135 cm³/mol. The van der Waals surface area contributed by atoms with E-state index in [-0.39, 0.29) is 34.9 Å². The molecule has 8 heteroatoms. The molecule has 0 aliphatic heterocycles. The number of aliphatic imine (C=N–C) groups is 1. The number of hydrogen-bond donors (Lipinski definition) is 3. The van der Waals surface area contributed by atoms with Gasteiger partial charge >= 0.3 is 0 Å². The number of halogens is 1. The Hall–Kier alpha value is -1.65. The minimum absolute atomic E-state index is 0. The lowest BCUT2D eigenvalue weighted by molar-refractivity contribution is 0.597. The van der Waals surface area contributed by atoms with E-state index in [1.165, 1.54) is 17.2 Å². The zero-order valence-electron chi connectivity index (χ0n) is 18.1. The Bertz CT molecular complexity index is 928. The Morgan fingerprint density at radius 2 is 1.73 bits per heavy atom. The molecule has 0 bridgehead atoms. The first-order chi connectivity index (χ1) is 13.7. The highest BCUT2D eigenvalue weighted by atomic mass is 127. The molecule has 1 atom stereocenters. The summed E-state index contributed by atoms with van der Waals surface area (Å²) in [7, 11) is -3.72. The lowest BCUT2D eigenvalue weighted by Crippen LogP contribution is -2.38. The van der Waals surface area contributed by atoms with E-state index in [0.29, 0.717) is 18.4 Å². The SMILES string of the molecule is CCNC(=NCc1cccc(S(N)(=O)=O)c1)NC(C)c1ccc(CC(C)C)cc1.I. The predicted octanol–water partition coefficient (Wildman–Crippen LogP) is 3.97. The van der Waals surface area contributed by atoms with Crippen LogP contribution in [0.3, 0.4) is 0 Å². The highest BCUT2D eigenvalue weighted by molar-refractivity contribution is 14.0. The lowest BCUT2D eigenvalue weighted by Gasteiger charge is -2.19. The molecule has 0 saturated heterocycles. The van der Waals surface area contributed by atoms with E-state index >= 15 is 0 Å². The van der Waals surface area contributed by atoms with Gasteiger partial charge in [0, 0.05) is 6.54 Å². The molecule has 0 fully saturated rings. The van der Waals surface area contributed by atoms with E-state index in [9.17, 15) is 8.42 Å². The van der Waals surface area contributed by atoms with Gasteiger partial charge in [0.25, 0.3) is 0 Å². The van der Waals surface area contributed by atoms with Gasteiger partial charge in [-0.25, -0.2) is 18.5 Å². The molecular weight excluding hydrogens is 511 g/mol. The van der Waals surface area contributed by atoms with Crippen molar-refractivity contribution in [3.8, 4) is 0 Å². The molecule has 0 aliphatic carbocycles. The van der Waals surface area contributed by atoms with Crippen LogP contribution in [-0.4, -0.2) is 20.9 Å². The summed E-state index contributed by atoms with van der Waals surface area (Å²) in [4.78, 5) is 4.68. The highest BCUT2D eigenvalue weighted by Crippen LogP contribution is 2.16. The van der Waals surface area contributed by atoms with Crippen LogP contribution in [0.5, 0.6) is 0 Å². The number of nitrogens with zero attached hydrogens (tertiary/aromatic N) is 1. The Morgan fingerprint density at radius 1 is 1.07 bits per heavy atom. The van der Waals surface area contributed by atoms with Crippen LogP contribution in [0, 0.1) is 5.92 Å². The zero-order chi connectivity index (χ0) is 21.4. The quantitative estimate of drug-likeness (QED) is 0.266. The number of rotatable bonds is 8. The van der Waals surface area contributed by atoms with E-state index in [4.69, 9.17) is 5.14 Å². The maximum Gasteiger partial charge on any atom is 0.238 e. The van der Waals surface area contributed by atoms with Gasteiger partial charge in [-0.1, -0.05) is 50.2 Å². The topological polar surface area (TPSA) is 96.6 Å². The number of hydrogen-bond acceptors (Lipinski definition) is 3. The van der Waals surface area contributed by atoms with Gasteiger partial charge in [-0.05, 0) is 55.0 Å². The van der Waals surface area contributed by atoms with Crippen molar-refractivity contribution in [3.63, 3.8) is 0 Å². The molecule has 0 saturated carbocycles. The Balaban J connectivity index is 0.00000450. The third-order valence-corrected chi connectivity index (χ3v) is 5.38. The molecular formula is C22H33IN4O2S. The maximum absolute atomic E-state index is 11.5. The largest absolute Gasteiger partial charge is 0.357 e. The van der Waals surface area contributed by atoms with E-state index in [0.717, 1.165) is 18.5 Å². The van der Waals surface area contributed by atoms with Gasteiger partial charge in [0.05, 0.1) is 17.5 Å². The molecule has 6 nitrogen and oxygen atoms in total. The lowest BCUT2D eigenvalue weighted by atomic mass is 10.00. The number of benzene rings is 2. The Labute approximate surface area is 197 Å². The Kier molecular flexibility index (Phi) is 10.8. The normalized spacial score (nSPS) is 12.9. The first kappa shape index (κ1) is 26.4. The molecule has 2 aromatic rings. The average molecular weight is 545 g/mol. The van der Waals surface area contributed by atoms with Gasteiger partial charge in [0.15, 0.2) is 5.96 Å². The second-order valence-electron chi connectivity index (χ2n) is 7.59. The summed E-state index contributed by atoms with van der Waals surface area (Å²) in [5, 5.41) is 11.8. The molecule has 166 valence electrons. The van der Waals surface area contributed by atoms with Gasteiger partial charge < -0.3 is 10.6 Å². The number of nitrogens with one attached hydrogen (secondary N) is 2. The molecule has 0 aliphatic rings. The van der Waals surface area contributed by atoms with Crippen molar-refractivity contribution in [3.05, 3.63) is 65.2 Å². The first-order valence-corrected chi connectivity index (χ1v) is 11.5. The zero-order valence-corrected chi connectivity index (χ0v) is 21.2. The Morgan fingerprint density at radius 3 is 2.30 bits per heavy atom. The van der Waals surface area contributed by atoms with Crippen molar-refractivity contribution in [2.45, 2.75) is 51.6 Å². The van der Waals surface area contributed by atoms with Gasteiger partial charge in [0.2, 0.25) is 10.0 Å². The van der Waals surface area contributed by atoms with Crippen LogP contribution in [0.4, 0.5) is 0 Å². The first-order valence-electron chi connectivity index (χ1n) is 9.94. The summed E-state index contributed by atoms with van der Waals surface area (Å²) in [6.45, 7) is 9.60. The molecule has 0 spiro atoms. The molecule has 0 heterocycles. The summed E-state index contributed by atoms with van der Waals surface area (Å²) < 4.78 is 23.1. The standard InChI is InChI=1S/C22H32N4O2S.HI/c1-5-24-22(25-15-19-7-6-8-21(14-19)29(23,27)28)26-17(4)20-11-9-18(10-12-20)13-16(2)3;/h6-12,14,16-17H,5,13,15H2,1-4H3,(H2,23,27,28)(H2,24,25,26);1H. The average Bonchev–Trinajstić information content (AvgIpc) is 2.66. The molecule has 0 aromatic heterocycles. The van der Waals surface area contributed by atoms with Crippen molar-refractivity contribution in [1.29, 1.82) is 0 Å². The fourth-order valence-electron chi connectivity index (χ4n) is 3.01. The third kappa shape index (κ3) is 8.61. The molecule has 2 aromatic carbocycles. The van der Waals surface area contributed by atoms with Gasteiger partial charge in [-0.15, -0.1) is 24.0 Å². The van der Waals surface area contributed by atoms with Crippen molar-refractivity contribution in [1.82, 2.24) is 10.6 Å². The van der Waals surface area contributed by atoms with Crippen molar-refractivity contribution in [2.24, 2.45) is 16.0 Å². The number of primary sulfonamides is 1. The van der Waals surface area contributed by atoms with Crippen LogP contribution < -0.4 is 15.8 Å². The highest BCUT2D eigenvalue weighted by Gasteiger charge is 2.10. The van der Waals surface area contributed by atoms with Crippen LogP contribution in [0.1, 0.15) is 50.4 Å². The fraction of sp³-hybridized carbons (Fsp3) is 0.409.